The molecule has 0 spiro atoms. The maximum absolute atomic E-state index is 12.5. The second-order valence-corrected chi connectivity index (χ2v) is 6.68. The van der Waals surface area contributed by atoms with Gasteiger partial charge < -0.3 is 9.47 Å². The van der Waals surface area contributed by atoms with E-state index in [-0.39, 0.29) is 25.6 Å². The van der Waals surface area contributed by atoms with Crippen molar-refractivity contribution >= 4 is 35.6 Å². The molecular formula is C19H24N2O4S. The van der Waals surface area contributed by atoms with Gasteiger partial charge in [0.05, 0.1) is 36.1 Å². The van der Waals surface area contributed by atoms with Crippen LogP contribution in [0, 0.1) is 12.8 Å². The summed E-state index contributed by atoms with van der Waals surface area (Å²) in [5.74, 6) is -0.640. The Morgan fingerprint density at radius 1 is 1.23 bits per heavy atom. The number of carbonyl (C=O) groups excluding carboxylic acids is 2. The summed E-state index contributed by atoms with van der Waals surface area (Å²) in [5.41, 5.74) is 3.52. The lowest BCUT2D eigenvalue weighted by Crippen LogP contribution is -2.25. The summed E-state index contributed by atoms with van der Waals surface area (Å²) in [6.07, 6.45) is 3.78. The summed E-state index contributed by atoms with van der Waals surface area (Å²) in [6.45, 7) is 5.96. The second kappa shape index (κ2) is 9.52. The van der Waals surface area contributed by atoms with Gasteiger partial charge in [0.15, 0.2) is 0 Å². The molecule has 0 radical (unpaired) electrons. The number of hydrogen-bond acceptors (Lipinski definition) is 7. The van der Waals surface area contributed by atoms with Gasteiger partial charge >= 0.3 is 11.9 Å². The molecule has 0 bridgehead atoms. The lowest BCUT2D eigenvalue weighted by atomic mass is 9.93. The third-order valence-corrected chi connectivity index (χ3v) is 4.36. The molecule has 0 aliphatic carbocycles. The number of rotatable bonds is 7. The quantitative estimate of drug-likeness (QED) is 0.680. The minimum Gasteiger partial charge on any atom is -0.465 e. The summed E-state index contributed by atoms with van der Waals surface area (Å²) in [6, 6.07) is 3.82. The summed E-state index contributed by atoms with van der Waals surface area (Å²) in [4.78, 5) is 33.5. The van der Waals surface area contributed by atoms with Crippen molar-refractivity contribution in [3.05, 3.63) is 34.7 Å². The molecule has 1 atom stereocenters. The molecule has 2 rings (SSSR count). The van der Waals surface area contributed by atoms with Crippen LogP contribution in [0.1, 0.15) is 37.2 Å². The molecule has 0 N–H and O–H groups in total. The zero-order valence-electron chi connectivity index (χ0n) is 15.6. The number of esters is 2. The Hall–Kier alpha value is -2.15. The molecule has 1 aliphatic rings. The van der Waals surface area contributed by atoms with Gasteiger partial charge in [-0.3, -0.25) is 14.8 Å². The summed E-state index contributed by atoms with van der Waals surface area (Å²) in [7, 11) is 0. The van der Waals surface area contributed by atoms with Gasteiger partial charge in [0.1, 0.15) is 0 Å². The van der Waals surface area contributed by atoms with Crippen molar-refractivity contribution in [2.24, 2.45) is 10.9 Å². The molecule has 2 heterocycles. The number of thioether (sulfide) groups is 1. The van der Waals surface area contributed by atoms with Crippen molar-refractivity contribution in [2.45, 2.75) is 32.9 Å². The van der Waals surface area contributed by atoms with E-state index in [0.29, 0.717) is 11.3 Å². The summed E-state index contributed by atoms with van der Waals surface area (Å²) in [5, 5.41) is 0. The van der Waals surface area contributed by atoms with Crippen molar-refractivity contribution in [1.29, 1.82) is 0 Å². The fourth-order valence-corrected chi connectivity index (χ4v) is 3.19. The van der Waals surface area contributed by atoms with E-state index in [1.807, 2.05) is 25.3 Å². The molecule has 26 heavy (non-hydrogen) atoms. The monoisotopic (exact) mass is 376 g/mol. The van der Waals surface area contributed by atoms with E-state index in [4.69, 9.17) is 9.47 Å². The van der Waals surface area contributed by atoms with E-state index in [1.54, 1.807) is 31.8 Å². The van der Waals surface area contributed by atoms with Gasteiger partial charge in [0, 0.05) is 23.2 Å². The zero-order valence-corrected chi connectivity index (χ0v) is 16.4. The van der Waals surface area contributed by atoms with Gasteiger partial charge in [-0.15, -0.1) is 0 Å². The molecule has 6 nitrogen and oxygen atoms in total. The molecule has 7 heteroatoms. The van der Waals surface area contributed by atoms with E-state index >= 15 is 0 Å². The van der Waals surface area contributed by atoms with Crippen LogP contribution in [0.5, 0.6) is 0 Å². The average molecular weight is 376 g/mol. The van der Waals surface area contributed by atoms with Crippen LogP contribution < -0.4 is 0 Å². The van der Waals surface area contributed by atoms with Crippen LogP contribution >= 0.6 is 11.8 Å². The number of ether oxygens (including phenoxy) is 2. The molecule has 1 aromatic rings. The molecule has 1 aromatic heterocycles. The van der Waals surface area contributed by atoms with E-state index in [0.717, 1.165) is 22.7 Å². The van der Waals surface area contributed by atoms with Gasteiger partial charge in [0.2, 0.25) is 0 Å². The molecule has 0 saturated carbocycles. The van der Waals surface area contributed by atoms with Crippen LogP contribution in [-0.2, 0) is 24.8 Å². The number of carbonyl (C=O) groups is 2. The van der Waals surface area contributed by atoms with E-state index in [1.165, 1.54) is 0 Å². The topological polar surface area (TPSA) is 77.9 Å². The maximum Gasteiger partial charge on any atom is 0.336 e. The summed E-state index contributed by atoms with van der Waals surface area (Å²) >= 11 is 1.67. The highest BCUT2D eigenvalue weighted by atomic mass is 32.2. The minimum atomic E-state index is -0.577. The Morgan fingerprint density at radius 2 is 1.96 bits per heavy atom. The molecular weight excluding hydrogens is 352 g/mol. The number of aliphatic imine (C=N–C) groups is 1. The Kier molecular flexibility index (Phi) is 7.38. The summed E-state index contributed by atoms with van der Waals surface area (Å²) < 4.78 is 10.2. The van der Waals surface area contributed by atoms with E-state index < -0.39 is 11.9 Å². The minimum absolute atomic E-state index is 0.218. The number of aromatic nitrogens is 1. The lowest BCUT2D eigenvalue weighted by Gasteiger charge is -2.20. The number of aryl methyl sites for hydroxylation is 1. The van der Waals surface area contributed by atoms with Gasteiger partial charge in [-0.25, -0.2) is 4.79 Å². The first kappa shape index (κ1) is 20.2. The van der Waals surface area contributed by atoms with Gasteiger partial charge in [-0.2, -0.15) is 11.8 Å². The van der Waals surface area contributed by atoms with Crippen LogP contribution in [0.25, 0.3) is 5.70 Å². The number of pyridine rings is 1. The van der Waals surface area contributed by atoms with Crippen LogP contribution in [0.3, 0.4) is 0 Å². The van der Waals surface area contributed by atoms with Crippen LogP contribution in [0.15, 0.2) is 22.7 Å². The van der Waals surface area contributed by atoms with Gasteiger partial charge in [0.25, 0.3) is 0 Å². The molecule has 0 fully saturated rings. The highest BCUT2D eigenvalue weighted by molar-refractivity contribution is 7.97. The van der Waals surface area contributed by atoms with Gasteiger partial charge in [-0.05, 0) is 45.6 Å². The Balaban J connectivity index is 2.45. The van der Waals surface area contributed by atoms with Crippen LogP contribution in [-0.4, -0.2) is 42.6 Å². The van der Waals surface area contributed by atoms with Crippen LogP contribution in [0.2, 0.25) is 0 Å². The Bertz CT molecular complexity index is 743. The first-order valence-electron chi connectivity index (χ1n) is 8.58. The molecule has 140 valence electrons. The second-order valence-electron chi connectivity index (χ2n) is 5.81. The predicted molar refractivity (Wildman–Crippen MR) is 103 cm³/mol. The van der Waals surface area contributed by atoms with Crippen molar-refractivity contribution in [2.75, 3.05) is 19.5 Å². The molecule has 0 amide bonds. The van der Waals surface area contributed by atoms with Crippen molar-refractivity contribution in [3.8, 4) is 0 Å². The van der Waals surface area contributed by atoms with E-state index in [2.05, 4.69) is 9.98 Å². The largest absolute Gasteiger partial charge is 0.465 e. The fourth-order valence-electron chi connectivity index (χ4n) is 2.75. The normalized spacial score (nSPS) is 16.5. The number of nitrogens with zero attached hydrogens (tertiary/aromatic N) is 2. The van der Waals surface area contributed by atoms with Crippen molar-refractivity contribution in [3.63, 3.8) is 0 Å². The van der Waals surface area contributed by atoms with Crippen LogP contribution in [0.4, 0.5) is 0 Å². The van der Waals surface area contributed by atoms with Crippen molar-refractivity contribution in [1.82, 2.24) is 4.98 Å². The fraction of sp³-hybridized carbons (Fsp3) is 0.474. The maximum atomic E-state index is 12.5. The predicted octanol–water partition coefficient (Wildman–Crippen LogP) is 3.18. The Labute approximate surface area is 158 Å². The zero-order chi connectivity index (χ0) is 19.1. The standard InChI is InChI=1S/C19H24N2O4S/c1-5-24-18(22)14-9-16(19(23)25-6-2)17(20-10-14)13-7-12(3)21-15(8-13)11-26-4/h7-8,10,14H,5-6,9,11H2,1-4H3. The molecule has 1 unspecified atom stereocenters. The average Bonchev–Trinajstić information content (AvgIpc) is 2.61. The SMILES string of the molecule is CCOC(=O)C1=C(c2cc(C)nc(CSC)c2)N=CC(C(=O)OCC)C1. The number of hydrogen-bond donors (Lipinski definition) is 0. The first-order chi connectivity index (χ1) is 12.5. The van der Waals surface area contributed by atoms with Gasteiger partial charge in [-0.1, -0.05) is 0 Å². The smallest absolute Gasteiger partial charge is 0.336 e. The third-order valence-electron chi connectivity index (χ3n) is 3.78. The molecule has 1 aliphatic heterocycles. The molecule has 0 aromatic carbocycles. The highest BCUT2D eigenvalue weighted by Crippen LogP contribution is 2.31. The lowest BCUT2D eigenvalue weighted by molar-refractivity contribution is -0.145. The molecule has 0 saturated heterocycles. The third kappa shape index (κ3) is 4.94. The highest BCUT2D eigenvalue weighted by Gasteiger charge is 2.30. The first-order valence-corrected chi connectivity index (χ1v) is 9.97. The Morgan fingerprint density at radius 3 is 2.62 bits per heavy atom. The van der Waals surface area contributed by atoms with Crippen molar-refractivity contribution < 1.29 is 19.1 Å². The van der Waals surface area contributed by atoms with E-state index in [9.17, 15) is 9.59 Å².